The van der Waals surface area contributed by atoms with Crippen molar-refractivity contribution in [3.63, 3.8) is 0 Å². The second kappa shape index (κ2) is 6.64. The zero-order valence-electron chi connectivity index (χ0n) is 13.5. The number of aromatic nitrogens is 1. The Morgan fingerprint density at radius 3 is 2.71 bits per heavy atom. The molecule has 6 nitrogen and oxygen atoms in total. The molecular formula is C16H20ClN3O3S. The Bertz CT molecular complexity index is 862. The van der Waals surface area contributed by atoms with Gasteiger partial charge in [-0.05, 0) is 24.1 Å². The second-order valence-corrected chi connectivity index (χ2v) is 8.79. The van der Waals surface area contributed by atoms with E-state index in [1.807, 2.05) is 36.0 Å². The summed E-state index contributed by atoms with van der Waals surface area (Å²) in [6.07, 6.45) is 2.75. The van der Waals surface area contributed by atoms with E-state index in [2.05, 4.69) is 5.32 Å². The predicted molar refractivity (Wildman–Crippen MR) is 95.3 cm³/mol. The molecule has 0 spiro atoms. The number of benzene rings is 1. The highest BCUT2D eigenvalue weighted by Crippen LogP contribution is 2.24. The minimum atomic E-state index is -2.97. The molecule has 3 rings (SSSR count). The van der Waals surface area contributed by atoms with Crippen LogP contribution in [0.15, 0.2) is 24.4 Å². The summed E-state index contributed by atoms with van der Waals surface area (Å²) in [4.78, 5) is 13.7. The van der Waals surface area contributed by atoms with Crippen molar-refractivity contribution in [1.29, 1.82) is 0 Å². The van der Waals surface area contributed by atoms with E-state index in [0.717, 1.165) is 16.5 Å². The predicted octanol–water partition coefficient (Wildman–Crippen LogP) is 1.81. The third-order valence-electron chi connectivity index (χ3n) is 4.34. The van der Waals surface area contributed by atoms with Gasteiger partial charge in [0.15, 0.2) is 9.84 Å². The van der Waals surface area contributed by atoms with Crippen LogP contribution < -0.4 is 5.32 Å². The molecule has 1 N–H and O–H groups in total. The van der Waals surface area contributed by atoms with Gasteiger partial charge in [0.25, 0.3) is 0 Å². The molecule has 1 aromatic carbocycles. The van der Waals surface area contributed by atoms with E-state index in [1.165, 1.54) is 0 Å². The lowest BCUT2D eigenvalue weighted by atomic mass is 10.1. The number of urea groups is 1. The first-order valence-electron chi connectivity index (χ1n) is 7.82. The second-order valence-electron chi connectivity index (χ2n) is 6.05. The van der Waals surface area contributed by atoms with Gasteiger partial charge in [0.05, 0.1) is 11.5 Å². The molecule has 0 aliphatic carbocycles. The fourth-order valence-electron chi connectivity index (χ4n) is 2.97. The van der Waals surface area contributed by atoms with E-state index >= 15 is 0 Å². The van der Waals surface area contributed by atoms with Gasteiger partial charge >= 0.3 is 6.03 Å². The summed E-state index contributed by atoms with van der Waals surface area (Å²) in [6, 6.07) is 5.57. The zero-order chi connectivity index (χ0) is 17.3. The van der Waals surface area contributed by atoms with E-state index in [1.54, 1.807) is 4.90 Å². The summed E-state index contributed by atoms with van der Waals surface area (Å²) >= 11 is 6.03. The molecule has 2 amide bonds. The van der Waals surface area contributed by atoms with E-state index in [4.69, 9.17) is 11.6 Å². The van der Waals surface area contributed by atoms with Gasteiger partial charge < -0.3 is 14.8 Å². The lowest BCUT2D eigenvalue weighted by molar-refractivity contribution is 0.202. The Morgan fingerprint density at radius 1 is 1.29 bits per heavy atom. The summed E-state index contributed by atoms with van der Waals surface area (Å²) in [7, 11) is -1.01. The quantitative estimate of drug-likeness (QED) is 0.896. The van der Waals surface area contributed by atoms with Gasteiger partial charge in [0.2, 0.25) is 0 Å². The topological polar surface area (TPSA) is 71.4 Å². The molecule has 8 heteroatoms. The lowest BCUT2D eigenvalue weighted by Crippen LogP contribution is -2.48. The number of hydrogen-bond acceptors (Lipinski definition) is 3. The minimum Gasteiger partial charge on any atom is -0.350 e. The third-order valence-corrected chi connectivity index (χ3v) is 6.18. The standard InChI is InChI=1S/C16H20ClN3O3S/c1-19-11-12(14-3-2-13(17)10-15(14)19)4-5-18-16(21)20-6-8-24(22,23)9-7-20/h2-3,10-11H,4-9H2,1H3,(H,18,21). The molecule has 0 radical (unpaired) electrons. The van der Waals surface area contributed by atoms with Crippen molar-refractivity contribution in [2.45, 2.75) is 6.42 Å². The number of halogens is 1. The molecule has 24 heavy (non-hydrogen) atoms. The number of aryl methyl sites for hydroxylation is 1. The SMILES string of the molecule is Cn1cc(CCNC(=O)N2CCS(=O)(=O)CC2)c2ccc(Cl)cc21. The summed E-state index contributed by atoms with van der Waals surface area (Å²) in [5.41, 5.74) is 2.20. The summed E-state index contributed by atoms with van der Waals surface area (Å²) < 4.78 is 24.8. The highest BCUT2D eigenvalue weighted by atomic mass is 35.5. The first kappa shape index (κ1) is 17.1. The lowest BCUT2D eigenvalue weighted by Gasteiger charge is -2.26. The highest BCUT2D eigenvalue weighted by molar-refractivity contribution is 7.91. The van der Waals surface area contributed by atoms with Crippen molar-refractivity contribution < 1.29 is 13.2 Å². The molecule has 0 unspecified atom stereocenters. The van der Waals surface area contributed by atoms with Crippen LogP contribution >= 0.6 is 11.6 Å². The average Bonchev–Trinajstić information content (AvgIpc) is 2.83. The zero-order valence-corrected chi connectivity index (χ0v) is 15.0. The van der Waals surface area contributed by atoms with Gasteiger partial charge in [-0.2, -0.15) is 0 Å². The van der Waals surface area contributed by atoms with Crippen molar-refractivity contribution in [3.05, 3.63) is 35.0 Å². The molecule has 0 atom stereocenters. The Kier molecular flexibility index (Phi) is 4.73. The Balaban J connectivity index is 1.58. The Hall–Kier alpha value is -1.73. The number of carbonyl (C=O) groups excluding carboxylic acids is 1. The van der Waals surface area contributed by atoms with Crippen LogP contribution in [0, 0.1) is 0 Å². The normalized spacial score (nSPS) is 17.2. The number of carbonyl (C=O) groups is 1. The van der Waals surface area contributed by atoms with Crippen LogP contribution in [-0.4, -0.2) is 55.1 Å². The van der Waals surface area contributed by atoms with Crippen molar-refractivity contribution in [2.75, 3.05) is 31.1 Å². The van der Waals surface area contributed by atoms with E-state index < -0.39 is 9.84 Å². The Morgan fingerprint density at radius 2 is 2.00 bits per heavy atom. The highest BCUT2D eigenvalue weighted by Gasteiger charge is 2.24. The average molecular weight is 370 g/mol. The summed E-state index contributed by atoms with van der Waals surface area (Å²) in [5.74, 6) is 0.0923. The van der Waals surface area contributed by atoms with Crippen LogP contribution in [-0.2, 0) is 23.3 Å². The maximum atomic E-state index is 12.1. The van der Waals surface area contributed by atoms with Gasteiger partial charge in [0, 0.05) is 48.8 Å². The van der Waals surface area contributed by atoms with Crippen molar-refractivity contribution >= 4 is 38.4 Å². The molecule has 2 aromatic rings. The van der Waals surface area contributed by atoms with Crippen LogP contribution in [0.1, 0.15) is 5.56 Å². The third kappa shape index (κ3) is 3.67. The van der Waals surface area contributed by atoms with Crippen molar-refractivity contribution in [1.82, 2.24) is 14.8 Å². The first-order valence-corrected chi connectivity index (χ1v) is 10.0. The molecule has 2 heterocycles. The molecule has 130 valence electrons. The molecule has 1 aliphatic heterocycles. The first-order chi connectivity index (χ1) is 11.4. The smallest absolute Gasteiger partial charge is 0.317 e. The summed E-state index contributed by atoms with van der Waals surface area (Å²) in [6.45, 7) is 1.03. The van der Waals surface area contributed by atoms with Crippen LogP contribution in [0.3, 0.4) is 0 Å². The van der Waals surface area contributed by atoms with Crippen molar-refractivity contribution in [3.8, 4) is 0 Å². The van der Waals surface area contributed by atoms with Gasteiger partial charge in [-0.25, -0.2) is 13.2 Å². The monoisotopic (exact) mass is 369 g/mol. The number of fused-ring (bicyclic) bond motifs is 1. The number of amides is 2. The van der Waals surface area contributed by atoms with E-state index in [0.29, 0.717) is 18.0 Å². The molecule has 1 fully saturated rings. The number of sulfone groups is 1. The maximum Gasteiger partial charge on any atom is 0.317 e. The van der Waals surface area contributed by atoms with Crippen molar-refractivity contribution in [2.24, 2.45) is 7.05 Å². The molecule has 0 saturated carbocycles. The van der Waals surface area contributed by atoms with Crippen LogP contribution in [0.5, 0.6) is 0 Å². The van der Waals surface area contributed by atoms with Crippen LogP contribution in [0.25, 0.3) is 10.9 Å². The van der Waals surface area contributed by atoms with Gasteiger partial charge in [-0.15, -0.1) is 0 Å². The number of nitrogens with zero attached hydrogens (tertiary/aromatic N) is 2. The molecule has 1 aliphatic rings. The van der Waals surface area contributed by atoms with Crippen LogP contribution in [0.2, 0.25) is 5.02 Å². The molecular weight excluding hydrogens is 350 g/mol. The number of hydrogen-bond donors (Lipinski definition) is 1. The number of nitrogens with one attached hydrogen (secondary N) is 1. The molecule has 1 aromatic heterocycles. The van der Waals surface area contributed by atoms with Gasteiger partial charge in [-0.3, -0.25) is 0 Å². The Labute approximate surface area is 146 Å². The molecule has 0 bridgehead atoms. The summed E-state index contributed by atoms with van der Waals surface area (Å²) in [5, 5.41) is 4.69. The molecule has 1 saturated heterocycles. The van der Waals surface area contributed by atoms with E-state index in [9.17, 15) is 13.2 Å². The fourth-order valence-corrected chi connectivity index (χ4v) is 4.34. The minimum absolute atomic E-state index is 0.0461. The maximum absolute atomic E-state index is 12.1. The largest absolute Gasteiger partial charge is 0.350 e. The number of rotatable bonds is 3. The van der Waals surface area contributed by atoms with Gasteiger partial charge in [-0.1, -0.05) is 17.7 Å². The van der Waals surface area contributed by atoms with E-state index in [-0.39, 0.29) is 30.6 Å². The fraction of sp³-hybridized carbons (Fsp3) is 0.438. The van der Waals surface area contributed by atoms with Crippen LogP contribution in [0.4, 0.5) is 4.79 Å². The van der Waals surface area contributed by atoms with Gasteiger partial charge in [0.1, 0.15) is 0 Å².